The van der Waals surface area contributed by atoms with Gasteiger partial charge in [0, 0.05) is 6.04 Å². The summed E-state index contributed by atoms with van der Waals surface area (Å²) in [6.07, 6.45) is 7.75. The summed E-state index contributed by atoms with van der Waals surface area (Å²) in [5, 5.41) is 0. The molecular formula is C19H29NOSi. The fourth-order valence-electron chi connectivity index (χ4n) is 3.74. The Morgan fingerprint density at radius 3 is 2.68 bits per heavy atom. The predicted molar refractivity (Wildman–Crippen MR) is 95.5 cm³/mol. The molecule has 0 N–H and O–H groups in total. The highest BCUT2D eigenvalue weighted by Gasteiger charge is 2.41. The van der Waals surface area contributed by atoms with Gasteiger partial charge < -0.3 is 4.74 Å². The van der Waals surface area contributed by atoms with Gasteiger partial charge in [0.1, 0.15) is 6.23 Å². The second kappa shape index (κ2) is 6.69. The first-order valence-electron chi connectivity index (χ1n) is 8.66. The maximum Gasteiger partial charge on any atom is 0.111 e. The van der Waals surface area contributed by atoms with Gasteiger partial charge in [-0.3, -0.25) is 4.90 Å². The first-order chi connectivity index (χ1) is 10.5. The van der Waals surface area contributed by atoms with Crippen molar-refractivity contribution in [2.75, 3.05) is 6.61 Å². The molecule has 1 unspecified atom stereocenters. The molecule has 2 aliphatic rings. The van der Waals surface area contributed by atoms with Crippen LogP contribution in [0, 0.1) is 0 Å². The number of fused-ring (bicyclic) bond motifs is 1. The van der Waals surface area contributed by atoms with Crippen LogP contribution in [0.15, 0.2) is 42.1 Å². The molecule has 120 valence electrons. The van der Waals surface area contributed by atoms with Crippen LogP contribution in [0.25, 0.3) is 0 Å². The molecule has 0 radical (unpaired) electrons. The number of hydrogen-bond acceptors (Lipinski definition) is 2. The number of benzene rings is 1. The van der Waals surface area contributed by atoms with Crippen molar-refractivity contribution in [2.24, 2.45) is 0 Å². The van der Waals surface area contributed by atoms with E-state index in [1.165, 1.54) is 31.2 Å². The van der Waals surface area contributed by atoms with Gasteiger partial charge in [0.2, 0.25) is 0 Å². The quantitative estimate of drug-likeness (QED) is 0.743. The van der Waals surface area contributed by atoms with Crippen LogP contribution in [-0.2, 0) is 4.74 Å². The van der Waals surface area contributed by atoms with E-state index in [0.29, 0.717) is 18.3 Å². The Morgan fingerprint density at radius 1 is 1.18 bits per heavy atom. The number of nitrogens with zero attached hydrogens (tertiary/aromatic N) is 1. The van der Waals surface area contributed by atoms with E-state index in [9.17, 15) is 0 Å². The molecule has 2 saturated heterocycles. The Kier molecular flexibility index (Phi) is 4.86. The molecule has 0 saturated carbocycles. The fourth-order valence-corrected chi connectivity index (χ4v) is 4.58. The van der Waals surface area contributed by atoms with E-state index in [2.05, 4.69) is 66.6 Å². The standard InChI is InChI=1S/C19H29NOSi/c1-22(2,3)14-8-12-17-11-7-13-19-20(17)18(15-21-19)16-9-5-4-6-10-16/h4-6,8-10,14,17-19H,7,11-13,15H2,1-3H3/b14-8-/t17-,18+,19?/m1/s1. The van der Waals surface area contributed by atoms with Crippen molar-refractivity contribution in [3.05, 3.63) is 47.7 Å². The molecule has 0 aliphatic carbocycles. The lowest BCUT2D eigenvalue weighted by molar-refractivity contribution is -0.0252. The van der Waals surface area contributed by atoms with Crippen LogP contribution in [0.2, 0.25) is 19.6 Å². The van der Waals surface area contributed by atoms with Gasteiger partial charge in [-0.15, -0.1) is 0 Å². The van der Waals surface area contributed by atoms with Crippen molar-refractivity contribution in [3.63, 3.8) is 0 Å². The second-order valence-electron chi connectivity index (χ2n) is 7.75. The normalized spacial score (nSPS) is 29.9. The molecule has 3 atom stereocenters. The van der Waals surface area contributed by atoms with Crippen LogP contribution < -0.4 is 0 Å². The van der Waals surface area contributed by atoms with Gasteiger partial charge in [-0.25, -0.2) is 0 Å². The van der Waals surface area contributed by atoms with E-state index < -0.39 is 8.07 Å². The number of hydrogen-bond donors (Lipinski definition) is 0. The van der Waals surface area contributed by atoms with Crippen molar-refractivity contribution in [3.8, 4) is 0 Å². The first-order valence-corrected chi connectivity index (χ1v) is 12.2. The minimum absolute atomic E-state index is 0.337. The highest BCUT2D eigenvalue weighted by Crippen LogP contribution is 2.39. The summed E-state index contributed by atoms with van der Waals surface area (Å²) in [4.78, 5) is 2.66. The molecule has 0 amide bonds. The molecule has 3 heteroatoms. The van der Waals surface area contributed by atoms with Crippen LogP contribution in [0.1, 0.15) is 37.3 Å². The van der Waals surface area contributed by atoms with E-state index in [0.717, 1.165) is 6.61 Å². The third-order valence-corrected chi connectivity index (χ3v) is 6.00. The Bertz CT molecular complexity index is 508. The van der Waals surface area contributed by atoms with E-state index in [1.54, 1.807) is 0 Å². The average Bonchev–Trinajstić information content (AvgIpc) is 2.92. The van der Waals surface area contributed by atoms with Gasteiger partial charge in [-0.1, -0.05) is 61.7 Å². The van der Waals surface area contributed by atoms with E-state index >= 15 is 0 Å². The van der Waals surface area contributed by atoms with Gasteiger partial charge >= 0.3 is 0 Å². The van der Waals surface area contributed by atoms with E-state index in [1.807, 2.05) is 0 Å². The zero-order valence-electron chi connectivity index (χ0n) is 14.2. The van der Waals surface area contributed by atoms with Gasteiger partial charge in [0.15, 0.2) is 0 Å². The molecule has 1 aromatic carbocycles. The van der Waals surface area contributed by atoms with Crippen molar-refractivity contribution in [1.29, 1.82) is 0 Å². The van der Waals surface area contributed by atoms with Crippen LogP contribution in [0.4, 0.5) is 0 Å². The highest BCUT2D eigenvalue weighted by atomic mass is 28.3. The summed E-state index contributed by atoms with van der Waals surface area (Å²) in [7, 11) is -1.09. The van der Waals surface area contributed by atoms with Gasteiger partial charge in [-0.2, -0.15) is 0 Å². The zero-order chi connectivity index (χ0) is 15.6. The lowest BCUT2D eigenvalue weighted by Gasteiger charge is -2.39. The Balaban J connectivity index is 1.74. The summed E-state index contributed by atoms with van der Waals surface area (Å²) in [6, 6.07) is 12.0. The van der Waals surface area contributed by atoms with Crippen LogP contribution in [0.3, 0.4) is 0 Å². The lowest BCUT2D eigenvalue weighted by Crippen LogP contribution is -2.44. The average molecular weight is 316 g/mol. The van der Waals surface area contributed by atoms with Gasteiger partial charge in [0.25, 0.3) is 0 Å². The molecule has 2 heterocycles. The minimum atomic E-state index is -1.09. The Morgan fingerprint density at radius 2 is 1.95 bits per heavy atom. The molecule has 0 aromatic heterocycles. The molecule has 0 spiro atoms. The molecule has 1 aromatic rings. The lowest BCUT2D eigenvalue weighted by atomic mass is 9.95. The van der Waals surface area contributed by atoms with Crippen LogP contribution in [-0.4, -0.2) is 31.9 Å². The van der Waals surface area contributed by atoms with Gasteiger partial charge in [-0.05, 0) is 31.2 Å². The summed E-state index contributed by atoms with van der Waals surface area (Å²) >= 11 is 0. The number of piperidine rings is 1. The summed E-state index contributed by atoms with van der Waals surface area (Å²) in [6.45, 7) is 8.06. The van der Waals surface area contributed by atoms with Crippen LogP contribution in [0.5, 0.6) is 0 Å². The molecule has 22 heavy (non-hydrogen) atoms. The summed E-state index contributed by atoms with van der Waals surface area (Å²) < 4.78 is 6.11. The zero-order valence-corrected chi connectivity index (χ0v) is 15.2. The SMILES string of the molecule is C[Si](C)(C)/C=C\C[C@H]1CCCC2OC[C@@H](c3ccccc3)N21. The minimum Gasteiger partial charge on any atom is -0.361 e. The molecule has 2 nitrogen and oxygen atoms in total. The third-order valence-electron chi connectivity index (χ3n) is 4.76. The van der Waals surface area contributed by atoms with Crippen molar-refractivity contribution >= 4 is 8.07 Å². The Labute approximate surface area is 136 Å². The summed E-state index contributed by atoms with van der Waals surface area (Å²) in [5.41, 5.74) is 3.90. The van der Waals surface area contributed by atoms with E-state index in [-0.39, 0.29) is 0 Å². The van der Waals surface area contributed by atoms with Crippen molar-refractivity contribution in [1.82, 2.24) is 4.90 Å². The largest absolute Gasteiger partial charge is 0.361 e. The second-order valence-corrected chi connectivity index (χ2v) is 12.8. The topological polar surface area (TPSA) is 12.5 Å². The fraction of sp³-hybridized carbons (Fsp3) is 0.579. The van der Waals surface area contributed by atoms with Gasteiger partial charge in [0.05, 0.1) is 20.7 Å². The Hall–Kier alpha value is -0.903. The molecular weight excluding hydrogens is 286 g/mol. The predicted octanol–water partition coefficient (Wildman–Crippen LogP) is 4.76. The van der Waals surface area contributed by atoms with Crippen molar-refractivity contribution in [2.45, 2.75) is 63.6 Å². The maximum absolute atomic E-state index is 6.11. The molecule has 2 fully saturated rings. The molecule has 3 rings (SSSR count). The summed E-state index contributed by atoms with van der Waals surface area (Å²) in [5.74, 6) is 0. The molecule has 0 bridgehead atoms. The first kappa shape index (κ1) is 16.0. The van der Waals surface area contributed by atoms with Crippen molar-refractivity contribution < 1.29 is 4.74 Å². The highest BCUT2D eigenvalue weighted by molar-refractivity contribution is 6.80. The number of ether oxygens (including phenoxy) is 1. The molecule has 2 aliphatic heterocycles. The van der Waals surface area contributed by atoms with Crippen LogP contribution >= 0.6 is 0 Å². The maximum atomic E-state index is 6.11. The monoisotopic (exact) mass is 315 g/mol. The third kappa shape index (κ3) is 3.70. The van der Waals surface area contributed by atoms with E-state index in [4.69, 9.17) is 4.74 Å². The smallest absolute Gasteiger partial charge is 0.111 e. The number of rotatable bonds is 4.